The van der Waals surface area contributed by atoms with Gasteiger partial charge >= 0.3 is 0 Å². The summed E-state index contributed by atoms with van der Waals surface area (Å²) < 4.78 is 11.2. The lowest BCUT2D eigenvalue weighted by molar-refractivity contribution is -0.144. The van der Waals surface area contributed by atoms with E-state index in [9.17, 15) is 4.79 Å². The number of piperidine rings is 1. The van der Waals surface area contributed by atoms with Gasteiger partial charge in [0.15, 0.2) is 0 Å². The topological polar surface area (TPSA) is 64.8 Å². The summed E-state index contributed by atoms with van der Waals surface area (Å²) in [7, 11) is 1.72. The summed E-state index contributed by atoms with van der Waals surface area (Å²) in [5.74, 6) is 0.0839. The van der Waals surface area contributed by atoms with Crippen molar-refractivity contribution in [2.75, 3.05) is 26.8 Å². The maximum atomic E-state index is 12.3. The van der Waals surface area contributed by atoms with Crippen LogP contribution in [-0.4, -0.2) is 55.9 Å². The van der Waals surface area contributed by atoms with Crippen molar-refractivity contribution >= 4 is 5.91 Å². The summed E-state index contributed by atoms with van der Waals surface area (Å²) in [5, 5.41) is 0. The number of methoxy groups -OCH3 is 1. The van der Waals surface area contributed by atoms with Gasteiger partial charge in [-0.05, 0) is 25.7 Å². The van der Waals surface area contributed by atoms with Crippen LogP contribution >= 0.6 is 0 Å². The third-order valence-corrected chi connectivity index (χ3v) is 4.59. The molecule has 1 amide bonds. The maximum absolute atomic E-state index is 12.3. The molecule has 0 spiro atoms. The van der Waals surface area contributed by atoms with Crippen LogP contribution in [-0.2, 0) is 14.3 Å². The molecule has 1 aliphatic carbocycles. The summed E-state index contributed by atoms with van der Waals surface area (Å²) in [6.45, 7) is 1.43. The molecule has 2 rings (SSSR count). The molecule has 0 aromatic carbocycles. The highest BCUT2D eigenvalue weighted by Crippen LogP contribution is 2.22. The van der Waals surface area contributed by atoms with Gasteiger partial charge in [-0.2, -0.15) is 0 Å². The summed E-state index contributed by atoms with van der Waals surface area (Å²) in [6.07, 6.45) is 8.18. The molecule has 5 nitrogen and oxygen atoms in total. The van der Waals surface area contributed by atoms with E-state index in [0.29, 0.717) is 6.54 Å². The van der Waals surface area contributed by atoms with E-state index in [1.54, 1.807) is 7.11 Å². The molecule has 1 heterocycles. The fourth-order valence-corrected chi connectivity index (χ4v) is 3.28. The van der Waals surface area contributed by atoms with E-state index in [4.69, 9.17) is 15.2 Å². The number of rotatable bonds is 5. The van der Waals surface area contributed by atoms with Crippen LogP contribution < -0.4 is 5.73 Å². The lowest BCUT2D eigenvalue weighted by atomic mass is 9.98. The van der Waals surface area contributed by atoms with Gasteiger partial charge < -0.3 is 20.1 Å². The summed E-state index contributed by atoms with van der Waals surface area (Å²) in [4.78, 5) is 14.2. The fourth-order valence-electron chi connectivity index (χ4n) is 3.28. The standard InChI is InChI=1S/C15H28N2O3/c1-19-14-7-8-17(12(9-14)10-16)15(18)11-20-13-5-3-2-4-6-13/h12-14H,2-11,16H2,1H3. The Morgan fingerprint density at radius 2 is 1.95 bits per heavy atom. The van der Waals surface area contributed by atoms with Gasteiger partial charge in [0.05, 0.1) is 12.2 Å². The number of hydrogen-bond acceptors (Lipinski definition) is 4. The predicted molar refractivity (Wildman–Crippen MR) is 77.4 cm³/mol. The van der Waals surface area contributed by atoms with Crippen molar-refractivity contribution in [3.05, 3.63) is 0 Å². The highest BCUT2D eigenvalue weighted by Gasteiger charge is 2.31. The smallest absolute Gasteiger partial charge is 0.248 e. The number of nitrogens with zero attached hydrogens (tertiary/aromatic N) is 1. The lowest BCUT2D eigenvalue weighted by Gasteiger charge is -2.38. The van der Waals surface area contributed by atoms with Crippen LogP contribution in [0.1, 0.15) is 44.9 Å². The molecule has 0 radical (unpaired) electrons. The van der Waals surface area contributed by atoms with Crippen molar-refractivity contribution in [1.29, 1.82) is 0 Å². The number of hydrogen-bond donors (Lipinski definition) is 1. The Balaban J connectivity index is 1.78. The van der Waals surface area contributed by atoms with Crippen LogP contribution in [0.25, 0.3) is 0 Å². The van der Waals surface area contributed by atoms with Gasteiger partial charge in [-0.25, -0.2) is 0 Å². The Labute approximate surface area is 121 Å². The molecule has 2 atom stereocenters. The average molecular weight is 284 g/mol. The molecule has 116 valence electrons. The van der Waals surface area contributed by atoms with Crippen molar-refractivity contribution in [3.8, 4) is 0 Å². The third-order valence-electron chi connectivity index (χ3n) is 4.59. The first kappa shape index (κ1) is 15.7. The molecular weight excluding hydrogens is 256 g/mol. The van der Waals surface area contributed by atoms with E-state index in [-0.39, 0.29) is 30.8 Å². The number of carbonyl (C=O) groups excluding carboxylic acids is 1. The number of ether oxygens (including phenoxy) is 2. The molecule has 0 bridgehead atoms. The van der Waals surface area contributed by atoms with Crippen LogP contribution in [0.4, 0.5) is 0 Å². The largest absolute Gasteiger partial charge is 0.381 e. The van der Waals surface area contributed by atoms with Crippen LogP contribution in [0.2, 0.25) is 0 Å². The first-order valence-electron chi connectivity index (χ1n) is 7.88. The van der Waals surface area contributed by atoms with Crippen molar-refractivity contribution in [3.63, 3.8) is 0 Å². The van der Waals surface area contributed by atoms with E-state index in [1.807, 2.05) is 4.90 Å². The van der Waals surface area contributed by atoms with Gasteiger partial charge in [-0.3, -0.25) is 4.79 Å². The van der Waals surface area contributed by atoms with E-state index in [0.717, 1.165) is 32.2 Å². The molecule has 2 unspecified atom stereocenters. The highest BCUT2D eigenvalue weighted by atomic mass is 16.5. The Bertz CT molecular complexity index is 305. The highest BCUT2D eigenvalue weighted by molar-refractivity contribution is 5.78. The minimum atomic E-state index is 0.0839. The fraction of sp³-hybridized carbons (Fsp3) is 0.933. The molecule has 5 heteroatoms. The molecule has 2 fully saturated rings. The zero-order valence-electron chi connectivity index (χ0n) is 12.6. The third kappa shape index (κ3) is 4.17. The molecule has 0 aromatic heterocycles. The minimum Gasteiger partial charge on any atom is -0.381 e. The summed E-state index contributed by atoms with van der Waals surface area (Å²) in [5.41, 5.74) is 5.80. The second-order valence-electron chi connectivity index (χ2n) is 5.93. The molecule has 2 aliphatic rings. The molecule has 1 saturated carbocycles. The molecular formula is C15H28N2O3. The Morgan fingerprint density at radius 1 is 1.20 bits per heavy atom. The number of likely N-dealkylation sites (tertiary alicyclic amines) is 1. The number of amides is 1. The van der Waals surface area contributed by atoms with Gasteiger partial charge in [-0.1, -0.05) is 19.3 Å². The van der Waals surface area contributed by atoms with Crippen molar-refractivity contribution in [2.45, 2.75) is 63.2 Å². The average Bonchev–Trinajstić information content (AvgIpc) is 2.52. The minimum absolute atomic E-state index is 0.0839. The van der Waals surface area contributed by atoms with Gasteiger partial charge in [0, 0.05) is 26.2 Å². The van der Waals surface area contributed by atoms with Gasteiger partial charge in [0.1, 0.15) is 6.61 Å². The summed E-state index contributed by atoms with van der Waals surface area (Å²) >= 11 is 0. The van der Waals surface area contributed by atoms with Crippen molar-refractivity contribution in [2.24, 2.45) is 5.73 Å². The van der Waals surface area contributed by atoms with Crippen LogP contribution in [0.5, 0.6) is 0 Å². The van der Waals surface area contributed by atoms with Crippen molar-refractivity contribution in [1.82, 2.24) is 4.90 Å². The quantitative estimate of drug-likeness (QED) is 0.826. The molecule has 1 saturated heterocycles. The van der Waals surface area contributed by atoms with Crippen molar-refractivity contribution < 1.29 is 14.3 Å². The lowest BCUT2D eigenvalue weighted by Crippen LogP contribution is -2.52. The number of nitrogens with two attached hydrogens (primary N) is 1. The molecule has 20 heavy (non-hydrogen) atoms. The van der Waals surface area contributed by atoms with E-state index >= 15 is 0 Å². The van der Waals surface area contributed by atoms with E-state index < -0.39 is 0 Å². The van der Waals surface area contributed by atoms with Crippen LogP contribution in [0, 0.1) is 0 Å². The zero-order chi connectivity index (χ0) is 14.4. The predicted octanol–water partition coefficient (Wildman–Crippen LogP) is 1.30. The van der Waals surface area contributed by atoms with Gasteiger partial charge in [-0.15, -0.1) is 0 Å². The Kier molecular flexibility index (Phi) is 6.26. The molecule has 1 aliphatic heterocycles. The Hall–Kier alpha value is -0.650. The molecule has 2 N–H and O–H groups in total. The first-order chi connectivity index (χ1) is 9.74. The normalized spacial score (nSPS) is 28.6. The zero-order valence-corrected chi connectivity index (χ0v) is 12.6. The van der Waals surface area contributed by atoms with Crippen LogP contribution in [0.15, 0.2) is 0 Å². The molecule has 0 aromatic rings. The van der Waals surface area contributed by atoms with Gasteiger partial charge in [0.25, 0.3) is 0 Å². The van der Waals surface area contributed by atoms with E-state index in [2.05, 4.69) is 0 Å². The summed E-state index contributed by atoms with van der Waals surface area (Å²) in [6, 6.07) is 0.0937. The SMILES string of the molecule is COC1CCN(C(=O)COC2CCCCC2)C(CN)C1. The maximum Gasteiger partial charge on any atom is 0.248 e. The second kappa shape index (κ2) is 7.96. The first-order valence-corrected chi connectivity index (χ1v) is 7.88. The van der Waals surface area contributed by atoms with E-state index in [1.165, 1.54) is 19.3 Å². The van der Waals surface area contributed by atoms with Crippen LogP contribution in [0.3, 0.4) is 0 Å². The Morgan fingerprint density at radius 3 is 2.60 bits per heavy atom. The van der Waals surface area contributed by atoms with Gasteiger partial charge in [0.2, 0.25) is 5.91 Å². The monoisotopic (exact) mass is 284 g/mol. The second-order valence-corrected chi connectivity index (χ2v) is 5.93. The number of carbonyl (C=O) groups is 1.